The first kappa shape index (κ1) is 17.6. The molecule has 1 aromatic rings. The first-order valence-corrected chi connectivity index (χ1v) is 8.86. The van der Waals surface area contributed by atoms with Gasteiger partial charge in [0.25, 0.3) is 0 Å². The highest BCUT2D eigenvalue weighted by Crippen LogP contribution is 2.08. The molecule has 0 atom stereocenters. The quantitative estimate of drug-likeness (QED) is 0.701. The molecule has 1 rings (SSSR count). The molecule has 21 heavy (non-hydrogen) atoms. The van der Waals surface area contributed by atoms with Crippen LogP contribution in [0.5, 0.6) is 0 Å². The number of anilines is 1. The number of amides is 1. The summed E-state index contributed by atoms with van der Waals surface area (Å²) in [6, 6.07) is 1.57. The monoisotopic (exact) mass is 317 g/mol. The molecule has 1 aromatic heterocycles. The predicted molar refractivity (Wildman–Crippen MR) is 80.4 cm³/mol. The smallest absolute Gasteiger partial charge is 0.240 e. The van der Waals surface area contributed by atoms with Gasteiger partial charge in [-0.05, 0) is 13.3 Å². The Bertz CT molecular complexity index is 554. The van der Waals surface area contributed by atoms with Gasteiger partial charge in [-0.2, -0.15) is 4.31 Å². The lowest BCUT2D eigenvalue weighted by Crippen LogP contribution is -2.38. The molecule has 0 aliphatic carbocycles. The molecule has 0 spiro atoms. The lowest BCUT2D eigenvalue weighted by Gasteiger charge is -2.18. The van der Waals surface area contributed by atoms with Crippen LogP contribution in [-0.4, -0.2) is 43.1 Å². The van der Waals surface area contributed by atoms with Gasteiger partial charge in [0.05, 0.1) is 12.8 Å². The number of hydrogen-bond acceptors (Lipinski definition) is 5. The number of nitrogens with zero attached hydrogens (tertiary/aromatic N) is 2. The Morgan fingerprint density at radius 1 is 1.38 bits per heavy atom. The number of aromatic nitrogens is 1. The summed E-state index contributed by atoms with van der Waals surface area (Å²) >= 11 is 0. The maximum atomic E-state index is 11.9. The Morgan fingerprint density at radius 2 is 2.10 bits per heavy atom. The minimum absolute atomic E-state index is 0.211. The summed E-state index contributed by atoms with van der Waals surface area (Å²) in [5.41, 5.74) is 0. The fourth-order valence-corrected chi connectivity index (χ4v) is 2.66. The van der Waals surface area contributed by atoms with Gasteiger partial charge in [0, 0.05) is 12.6 Å². The molecule has 1 heterocycles. The minimum atomic E-state index is -3.41. The summed E-state index contributed by atoms with van der Waals surface area (Å²) in [4.78, 5) is 11.9. The number of aryl methyl sites for hydroxylation is 1. The van der Waals surface area contributed by atoms with Crippen molar-refractivity contribution in [2.75, 3.05) is 24.7 Å². The largest absolute Gasteiger partial charge is 0.360 e. The topological polar surface area (TPSA) is 92.5 Å². The second-order valence-electron chi connectivity index (χ2n) is 5.03. The van der Waals surface area contributed by atoms with E-state index in [0.717, 1.165) is 31.9 Å². The van der Waals surface area contributed by atoms with Crippen molar-refractivity contribution in [1.82, 2.24) is 9.46 Å². The first-order valence-electron chi connectivity index (χ1n) is 7.01. The Hall–Kier alpha value is -1.41. The van der Waals surface area contributed by atoms with Crippen molar-refractivity contribution >= 4 is 21.7 Å². The highest BCUT2D eigenvalue weighted by atomic mass is 32.2. The van der Waals surface area contributed by atoms with Crippen LogP contribution in [-0.2, 0) is 14.8 Å². The van der Waals surface area contributed by atoms with E-state index in [1.165, 1.54) is 4.31 Å². The summed E-state index contributed by atoms with van der Waals surface area (Å²) in [7, 11) is -3.41. The van der Waals surface area contributed by atoms with Crippen LogP contribution in [0.15, 0.2) is 10.6 Å². The van der Waals surface area contributed by atoms with Gasteiger partial charge in [-0.15, -0.1) is 0 Å². The summed E-state index contributed by atoms with van der Waals surface area (Å²) in [5, 5.41) is 6.15. The minimum Gasteiger partial charge on any atom is -0.360 e. The normalized spacial score (nSPS) is 11.8. The molecule has 0 unspecified atom stereocenters. The molecule has 8 heteroatoms. The molecule has 0 aromatic carbocycles. The van der Waals surface area contributed by atoms with Crippen LogP contribution in [0.25, 0.3) is 0 Å². The highest BCUT2D eigenvalue weighted by molar-refractivity contribution is 7.88. The molecule has 0 aliphatic rings. The summed E-state index contributed by atoms with van der Waals surface area (Å²) < 4.78 is 29.4. The maximum absolute atomic E-state index is 11.9. The lowest BCUT2D eigenvalue weighted by molar-refractivity contribution is -0.116. The van der Waals surface area contributed by atoms with Gasteiger partial charge in [0.1, 0.15) is 5.76 Å². The maximum Gasteiger partial charge on any atom is 0.240 e. The third-order valence-corrected chi connectivity index (χ3v) is 4.20. The van der Waals surface area contributed by atoms with E-state index in [2.05, 4.69) is 17.4 Å². The van der Waals surface area contributed by atoms with Crippen LogP contribution in [0.3, 0.4) is 0 Å². The third-order valence-electron chi connectivity index (χ3n) is 2.95. The van der Waals surface area contributed by atoms with Crippen molar-refractivity contribution < 1.29 is 17.7 Å². The lowest BCUT2D eigenvalue weighted by atomic mass is 10.2. The molecule has 1 amide bonds. The van der Waals surface area contributed by atoms with Gasteiger partial charge in [-0.25, -0.2) is 8.42 Å². The number of nitrogens with one attached hydrogen (secondary N) is 1. The first-order chi connectivity index (χ1) is 9.82. The molecule has 0 bridgehead atoms. The molecule has 0 radical (unpaired) electrons. The van der Waals surface area contributed by atoms with Crippen LogP contribution in [0.4, 0.5) is 5.82 Å². The predicted octanol–water partition coefficient (Wildman–Crippen LogP) is 1.76. The van der Waals surface area contributed by atoms with Gasteiger partial charge in [0.15, 0.2) is 5.82 Å². The number of rotatable bonds is 9. The third kappa shape index (κ3) is 6.72. The van der Waals surface area contributed by atoms with Crippen LogP contribution in [0.1, 0.15) is 38.4 Å². The van der Waals surface area contributed by atoms with Crippen LogP contribution in [0, 0.1) is 6.92 Å². The van der Waals surface area contributed by atoms with Gasteiger partial charge < -0.3 is 9.84 Å². The van der Waals surface area contributed by atoms with E-state index >= 15 is 0 Å². The fourth-order valence-electron chi connectivity index (χ4n) is 1.84. The summed E-state index contributed by atoms with van der Waals surface area (Å²) in [6.07, 6.45) is 4.94. The van der Waals surface area contributed by atoms with Crippen LogP contribution >= 0.6 is 0 Å². The van der Waals surface area contributed by atoms with E-state index in [1.54, 1.807) is 13.0 Å². The number of hydrogen-bond donors (Lipinski definition) is 1. The van der Waals surface area contributed by atoms with Gasteiger partial charge in [-0.3, -0.25) is 4.79 Å². The van der Waals surface area contributed by atoms with Crippen molar-refractivity contribution in [3.63, 3.8) is 0 Å². The van der Waals surface area contributed by atoms with Crippen molar-refractivity contribution in [3.8, 4) is 0 Å². The molecule has 7 nitrogen and oxygen atoms in total. The van der Waals surface area contributed by atoms with Crippen molar-refractivity contribution in [3.05, 3.63) is 11.8 Å². The summed E-state index contributed by atoms with van der Waals surface area (Å²) in [5.74, 6) is 0.436. The average molecular weight is 317 g/mol. The van der Waals surface area contributed by atoms with Crippen molar-refractivity contribution in [1.29, 1.82) is 0 Å². The highest BCUT2D eigenvalue weighted by Gasteiger charge is 2.20. The van der Waals surface area contributed by atoms with Crippen molar-refractivity contribution in [2.45, 2.75) is 39.5 Å². The second-order valence-corrected chi connectivity index (χ2v) is 7.01. The van der Waals surface area contributed by atoms with E-state index < -0.39 is 15.9 Å². The molecule has 0 saturated carbocycles. The zero-order chi connectivity index (χ0) is 15.9. The molecule has 0 fully saturated rings. The Kier molecular flexibility index (Phi) is 6.83. The zero-order valence-electron chi connectivity index (χ0n) is 12.8. The Morgan fingerprint density at radius 3 is 2.62 bits per heavy atom. The van der Waals surface area contributed by atoms with E-state index in [9.17, 15) is 13.2 Å². The SMILES string of the molecule is CCCCCCN(CC(=O)Nc1cc(C)on1)S(C)(=O)=O. The molecular formula is C13H23N3O4S. The van der Waals surface area contributed by atoms with E-state index in [4.69, 9.17) is 4.52 Å². The number of unbranched alkanes of at least 4 members (excludes halogenated alkanes) is 3. The zero-order valence-corrected chi connectivity index (χ0v) is 13.6. The van der Waals surface area contributed by atoms with Crippen LogP contribution < -0.4 is 5.32 Å². The van der Waals surface area contributed by atoms with E-state index in [-0.39, 0.29) is 12.4 Å². The second kappa shape index (κ2) is 8.14. The average Bonchev–Trinajstić information content (AvgIpc) is 2.77. The van der Waals surface area contributed by atoms with Gasteiger partial charge in [0.2, 0.25) is 15.9 Å². The molecule has 120 valence electrons. The fraction of sp³-hybridized carbons (Fsp3) is 0.692. The number of carbonyl (C=O) groups is 1. The van der Waals surface area contributed by atoms with Gasteiger partial charge in [-0.1, -0.05) is 31.3 Å². The standard InChI is InChI=1S/C13H23N3O4S/c1-4-5-6-7-8-16(21(3,18)19)10-13(17)14-12-9-11(2)20-15-12/h9H,4-8,10H2,1-3H3,(H,14,15,17). The molecule has 1 N–H and O–H groups in total. The van der Waals surface area contributed by atoms with Gasteiger partial charge >= 0.3 is 0 Å². The number of sulfonamides is 1. The Labute approximate surface area is 125 Å². The number of carbonyl (C=O) groups excluding carboxylic acids is 1. The summed E-state index contributed by atoms with van der Waals surface area (Å²) in [6.45, 7) is 3.93. The van der Waals surface area contributed by atoms with Crippen molar-refractivity contribution in [2.24, 2.45) is 0 Å². The molecular weight excluding hydrogens is 294 g/mol. The van der Waals surface area contributed by atoms with E-state index in [0.29, 0.717) is 12.3 Å². The molecule has 0 aliphatic heterocycles. The molecule has 0 saturated heterocycles. The van der Waals surface area contributed by atoms with E-state index in [1.807, 2.05) is 0 Å². The Balaban J connectivity index is 2.53. The van der Waals surface area contributed by atoms with Crippen LogP contribution in [0.2, 0.25) is 0 Å².